The summed E-state index contributed by atoms with van der Waals surface area (Å²) in [6.45, 7) is 3.83. The summed E-state index contributed by atoms with van der Waals surface area (Å²) in [5.41, 5.74) is 2.02. The lowest BCUT2D eigenvalue weighted by Crippen LogP contribution is -2.24. The van der Waals surface area contributed by atoms with Gasteiger partial charge in [0, 0.05) is 13.1 Å². The lowest BCUT2D eigenvalue weighted by Gasteiger charge is -2.13. The Morgan fingerprint density at radius 3 is 2.71 bits per heavy atom. The van der Waals surface area contributed by atoms with E-state index in [1.54, 1.807) is 7.11 Å². The first-order valence-corrected chi connectivity index (χ1v) is 11.8. The molecule has 0 aliphatic carbocycles. The highest BCUT2D eigenvalue weighted by Crippen LogP contribution is 2.29. The minimum Gasteiger partial charge on any atom is -0.493 e. The molecule has 3 rings (SSSR count). The molecule has 1 amide bonds. The van der Waals surface area contributed by atoms with E-state index in [1.165, 1.54) is 23.1 Å². The number of aromatic nitrogens is 2. The van der Waals surface area contributed by atoms with E-state index in [4.69, 9.17) is 9.47 Å². The lowest BCUT2D eigenvalue weighted by molar-refractivity contribution is -0.118. The van der Waals surface area contributed by atoms with Gasteiger partial charge in [-0.1, -0.05) is 66.4 Å². The summed E-state index contributed by atoms with van der Waals surface area (Å²) < 4.78 is 12.1. The molecule has 0 aliphatic rings. The van der Waals surface area contributed by atoms with Gasteiger partial charge in [0.1, 0.15) is 6.61 Å². The number of hydrogen-bond donors (Lipinski definition) is 2. The standard InChI is InChI=1S/C22H26N4O3S2/c1-3-11-23-21-25-26-22(31-21)30-15-20(27)24-13-17-9-10-18(19(12-17)28-2)29-14-16-7-5-4-6-8-16/h4-10,12H,3,11,13-15H2,1-2H3,(H,23,25)(H,24,27). The minimum absolute atomic E-state index is 0.0633. The van der Waals surface area contributed by atoms with E-state index in [0.717, 1.165) is 33.6 Å². The molecule has 2 N–H and O–H groups in total. The fourth-order valence-electron chi connectivity index (χ4n) is 2.63. The summed E-state index contributed by atoms with van der Waals surface area (Å²) in [6, 6.07) is 15.6. The van der Waals surface area contributed by atoms with Gasteiger partial charge in [-0.25, -0.2) is 0 Å². The number of nitrogens with one attached hydrogen (secondary N) is 2. The van der Waals surface area contributed by atoms with Gasteiger partial charge in [-0.15, -0.1) is 10.2 Å². The van der Waals surface area contributed by atoms with Crippen LogP contribution < -0.4 is 20.1 Å². The molecule has 0 saturated heterocycles. The summed E-state index contributed by atoms with van der Waals surface area (Å²) >= 11 is 2.84. The number of carbonyl (C=O) groups excluding carboxylic acids is 1. The zero-order chi connectivity index (χ0) is 21.9. The number of benzene rings is 2. The first-order chi connectivity index (χ1) is 15.2. The highest BCUT2D eigenvalue weighted by molar-refractivity contribution is 8.01. The van der Waals surface area contributed by atoms with E-state index < -0.39 is 0 Å². The van der Waals surface area contributed by atoms with Crippen LogP contribution in [0.4, 0.5) is 5.13 Å². The van der Waals surface area contributed by atoms with Crippen LogP contribution in [0.1, 0.15) is 24.5 Å². The van der Waals surface area contributed by atoms with Crippen molar-refractivity contribution < 1.29 is 14.3 Å². The van der Waals surface area contributed by atoms with Crippen LogP contribution in [0.3, 0.4) is 0 Å². The maximum atomic E-state index is 12.2. The van der Waals surface area contributed by atoms with Gasteiger partial charge in [-0.05, 0) is 29.7 Å². The molecule has 1 heterocycles. The first-order valence-electron chi connectivity index (χ1n) is 9.98. The van der Waals surface area contributed by atoms with Crippen LogP contribution in [0.15, 0.2) is 52.9 Å². The third-order valence-electron chi connectivity index (χ3n) is 4.21. The van der Waals surface area contributed by atoms with Crippen molar-refractivity contribution in [2.45, 2.75) is 30.8 Å². The Hall–Kier alpha value is -2.78. The predicted molar refractivity (Wildman–Crippen MR) is 125 cm³/mol. The molecule has 0 atom stereocenters. The van der Waals surface area contributed by atoms with Crippen LogP contribution in [-0.2, 0) is 17.9 Å². The Morgan fingerprint density at radius 1 is 1.10 bits per heavy atom. The molecule has 0 unspecified atom stereocenters. The molecule has 0 fully saturated rings. The molecule has 0 aliphatic heterocycles. The molecule has 0 radical (unpaired) electrons. The van der Waals surface area contributed by atoms with Crippen LogP contribution in [-0.4, -0.2) is 35.5 Å². The maximum absolute atomic E-state index is 12.2. The number of thioether (sulfide) groups is 1. The van der Waals surface area contributed by atoms with Crippen LogP contribution in [0.25, 0.3) is 0 Å². The molecule has 0 spiro atoms. The Labute approximate surface area is 190 Å². The highest BCUT2D eigenvalue weighted by Gasteiger charge is 2.10. The topological polar surface area (TPSA) is 85.4 Å². The highest BCUT2D eigenvalue weighted by atomic mass is 32.2. The number of methoxy groups -OCH3 is 1. The molecule has 0 bridgehead atoms. The number of amides is 1. The number of anilines is 1. The summed E-state index contributed by atoms with van der Waals surface area (Å²) in [7, 11) is 1.61. The van der Waals surface area contributed by atoms with Gasteiger partial charge < -0.3 is 20.1 Å². The lowest BCUT2D eigenvalue weighted by atomic mass is 10.2. The smallest absolute Gasteiger partial charge is 0.230 e. The molecule has 0 saturated carbocycles. The van der Waals surface area contributed by atoms with Crippen molar-refractivity contribution in [3.8, 4) is 11.5 Å². The third-order valence-corrected chi connectivity index (χ3v) is 6.23. The van der Waals surface area contributed by atoms with Gasteiger partial charge in [0.15, 0.2) is 15.8 Å². The van der Waals surface area contributed by atoms with Crippen molar-refractivity contribution in [1.29, 1.82) is 0 Å². The van der Waals surface area contributed by atoms with Crippen molar-refractivity contribution in [2.75, 3.05) is 24.7 Å². The Morgan fingerprint density at radius 2 is 1.94 bits per heavy atom. The maximum Gasteiger partial charge on any atom is 0.230 e. The van der Waals surface area contributed by atoms with Crippen LogP contribution in [0.2, 0.25) is 0 Å². The molecule has 1 aromatic heterocycles. The van der Waals surface area contributed by atoms with Gasteiger partial charge in [0.2, 0.25) is 11.0 Å². The monoisotopic (exact) mass is 458 g/mol. The molecule has 164 valence electrons. The second-order valence-electron chi connectivity index (χ2n) is 6.62. The average Bonchev–Trinajstić information content (AvgIpc) is 3.27. The van der Waals surface area contributed by atoms with Gasteiger partial charge in [0.05, 0.1) is 12.9 Å². The van der Waals surface area contributed by atoms with Crippen LogP contribution >= 0.6 is 23.1 Å². The van der Waals surface area contributed by atoms with Crippen LogP contribution in [0.5, 0.6) is 11.5 Å². The van der Waals surface area contributed by atoms with E-state index in [9.17, 15) is 4.79 Å². The van der Waals surface area contributed by atoms with Crippen molar-refractivity contribution in [2.24, 2.45) is 0 Å². The molecule has 9 heteroatoms. The van der Waals surface area contributed by atoms with E-state index in [2.05, 4.69) is 27.8 Å². The third kappa shape index (κ3) is 7.45. The SMILES string of the molecule is CCCNc1nnc(SCC(=O)NCc2ccc(OCc3ccccc3)c(OC)c2)s1. The number of rotatable bonds is 12. The Bertz CT molecular complexity index is 966. The number of hydrogen-bond acceptors (Lipinski definition) is 8. The molecule has 7 nitrogen and oxygen atoms in total. The number of ether oxygens (including phenoxy) is 2. The molecule has 31 heavy (non-hydrogen) atoms. The summed E-state index contributed by atoms with van der Waals surface area (Å²) in [6.07, 6.45) is 1.02. The second kappa shape index (κ2) is 12.2. The summed E-state index contributed by atoms with van der Waals surface area (Å²) in [5, 5.41) is 15.1. The fourth-order valence-corrected chi connectivity index (χ4v) is 4.23. The Balaban J connectivity index is 1.46. The molecule has 3 aromatic rings. The van der Waals surface area contributed by atoms with E-state index >= 15 is 0 Å². The van der Waals surface area contributed by atoms with Crippen molar-refractivity contribution in [1.82, 2.24) is 15.5 Å². The zero-order valence-corrected chi connectivity index (χ0v) is 19.2. The van der Waals surface area contributed by atoms with Gasteiger partial charge in [0.25, 0.3) is 0 Å². The molecular formula is C22H26N4O3S2. The minimum atomic E-state index is -0.0633. The molecular weight excluding hydrogens is 432 g/mol. The summed E-state index contributed by atoms with van der Waals surface area (Å²) in [4.78, 5) is 12.2. The predicted octanol–water partition coefficient (Wildman–Crippen LogP) is 4.36. The van der Waals surface area contributed by atoms with Crippen molar-refractivity contribution >= 4 is 34.1 Å². The Kier molecular flexibility index (Phi) is 8.99. The van der Waals surface area contributed by atoms with Crippen LogP contribution in [0, 0.1) is 0 Å². The molecule has 2 aromatic carbocycles. The zero-order valence-electron chi connectivity index (χ0n) is 17.6. The van der Waals surface area contributed by atoms with E-state index in [-0.39, 0.29) is 11.7 Å². The number of nitrogens with zero attached hydrogens (tertiary/aromatic N) is 2. The first kappa shape index (κ1) is 22.9. The average molecular weight is 459 g/mol. The van der Waals surface area contributed by atoms with Gasteiger partial charge >= 0.3 is 0 Å². The normalized spacial score (nSPS) is 10.5. The van der Waals surface area contributed by atoms with E-state index in [0.29, 0.717) is 24.7 Å². The fraction of sp³-hybridized carbons (Fsp3) is 0.318. The van der Waals surface area contributed by atoms with Gasteiger partial charge in [-0.2, -0.15) is 0 Å². The summed E-state index contributed by atoms with van der Waals surface area (Å²) in [5.74, 6) is 1.53. The van der Waals surface area contributed by atoms with Gasteiger partial charge in [-0.3, -0.25) is 4.79 Å². The van der Waals surface area contributed by atoms with Crippen molar-refractivity contribution in [3.63, 3.8) is 0 Å². The van der Waals surface area contributed by atoms with Crippen molar-refractivity contribution in [3.05, 3.63) is 59.7 Å². The van der Waals surface area contributed by atoms with E-state index in [1.807, 2.05) is 48.5 Å². The number of carbonyl (C=O) groups is 1. The second-order valence-corrected chi connectivity index (χ2v) is 8.82. The quantitative estimate of drug-likeness (QED) is 0.390. The largest absolute Gasteiger partial charge is 0.493 e.